The molecule has 0 spiro atoms. The number of benzene rings is 2. The van der Waals surface area contributed by atoms with Gasteiger partial charge in [-0.25, -0.2) is 4.39 Å². The zero-order valence-corrected chi connectivity index (χ0v) is 14.9. The number of unbranched alkanes of at least 4 members (excludes halogenated alkanes) is 1. The van der Waals surface area contributed by atoms with Gasteiger partial charge in [0.15, 0.2) is 18.3 Å². The Morgan fingerprint density at radius 2 is 1.96 bits per heavy atom. The minimum Gasteiger partial charge on any atom is -0.489 e. The predicted octanol–water partition coefficient (Wildman–Crippen LogP) is 4.16. The molecule has 0 bridgehead atoms. The molecule has 0 aliphatic carbocycles. The van der Waals surface area contributed by atoms with Crippen LogP contribution in [0.4, 0.5) is 4.39 Å². The van der Waals surface area contributed by atoms with Crippen molar-refractivity contribution in [3.63, 3.8) is 0 Å². The Hall–Kier alpha value is -2.11. The van der Waals surface area contributed by atoms with Crippen molar-refractivity contribution in [3.8, 4) is 22.6 Å². The normalized spacial score (nSPS) is 10.7. The predicted molar refractivity (Wildman–Crippen MR) is 97.5 cm³/mol. The fourth-order valence-corrected chi connectivity index (χ4v) is 2.63. The lowest BCUT2D eigenvalue weighted by atomic mass is 9.96. The molecule has 2 rings (SSSR count). The summed E-state index contributed by atoms with van der Waals surface area (Å²) >= 11 is 0. The second-order valence-electron chi connectivity index (χ2n) is 5.73. The van der Waals surface area contributed by atoms with Crippen LogP contribution in [0.2, 0.25) is 0 Å². The molecule has 0 aliphatic rings. The van der Waals surface area contributed by atoms with E-state index < -0.39 is 0 Å². The molecule has 2 aromatic carbocycles. The Kier molecular flexibility index (Phi) is 7.70. The molecular formula is C20H26FNO3. The highest BCUT2D eigenvalue weighted by Gasteiger charge is 2.18. The van der Waals surface area contributed by atoms with Gasteiger partial charge in [0, 0.05) is 12.7 Å². The van der Waals surface area contributed by atoms with Crippen molar-refractivity contribution in [2.24, 2.45) is 5.73 Å². The van der Waals surface area contributed by atoms with Crippen LogP contribution in [0.15, 0.2) is 36.4 Å². The van der Waals surface area contributed by atoms with Crippen molar-refractivity contribution in [2.75, 3.05) is 27.1 Å². The molecule has 0 heterocycles. The first-order chi connectivity index (χ1) is 12.2. The highest BCUT2D eigenvalue weighted by molar-refractivity contribution is 5.77. The van der Waals surface area contributed by atoms with Crippen LogP contribution in [0.25, 0.3) is 11.1 Å². The molecule has 0 saturated heterocycles. The molecule has 0 unspecified atom stereocenters. The third-order valence-electron chi connectivity index (χ3n) is 3.81. The quantitative estimate of drug-likeness (QED) is 0.518. The highest BCUT2D eigenvalue weighted by atomic mass is 19.1. The fourth-order valence-electron chi connectivity index (χ4n) is 2.63. The van der Waals surface area contributed by atoms with Gasteiger partial charge < -0.3 is 19.9 Å². The van der Waals surface area contributed by atoms with Crippen molar-refractivity contribution in [1.82, 2.24) is 0 Å². The highest BCUT2D eigenvalue weighted by Crippen LogP contribution is 2.41. The first-order valence-corrected chi connectivity index (χ1v) is 8.57. The van der Waals surface area contributed by atoms with E-state index in [1.165, 1.54) is 12.1 Å². The van der Waals surface area contributed by atoms with E-state index in [-0.39, 0.29) is 12.6 Å². The first-order valence-electron chi connectivity index (χ1n) is 8.57. The van der Waals surface area contributed by atoms with Crippen molar-refractivity contribution in [3.05, 3.63) is 47.8 Å². The van der Waals surface area contributed by atoms with Gasteiger partial charge in [0.05, 0.1) is 6.61 Å². The molecule has 136 valence electrons. The van der Waals surface area contributed by atoms with Crippen molar-refractivity contribution < 1.29 is 18.6 Å². The molecule has 2 aromatic rings. The van der Waals surface area contributed by atoms with E-state index in [1.54, 1.807) is 13.2 Å². The van der Waals surface area contributed by atoms with Gasteiger partial charge in [-0.1, -0.05) is 31.5 Å². The Morgan fingerprint density at radius 3 is 2.64 bits per heavy atom. The van der Waals surface area contributed by atoms with Gasteiger partial charge in [-0.05, 0) is 48.7 Å². The van der Waals surface area contributed by atoms with E-state index in [1.807, 2.05) is 18.2 Å². The molecule has 0 saturated carbocycles. The van der Waals surface area contributed by atoms with E-state index in [0.717, 1.165) is 29.5 Å². The molecule has 5 heteroatoms. The second kappa shape index (κ2) is 10.0. The van der Waals surface area contributed by atoms with Gasteiger partial charge in [-0.15, -0.1) is 0 Å². The molecule has 0 aliphatic heterocycles. The zero-order chi connectivity index (χ0) is 18.1. The topological polar surface area (TPSA) is 53.7 Å². The summed E-state index contributed by atoms with van der Waals surface area (Å²) in [6.07, 6.45) is 2.61. The summed E-state index contributed by atoms with van der Waals surface area (Å²) < 4.78 is 30.5. The Labute approximate surface area is 148 Å². The second-order valence-corrected chi connectivity index (χ2v) is 5.73. The number of ether oxygens (including phenoxy) is 3. The van der Waals surface area contributed by atoms with Gasteiger partial charge in [0.1, 0.15) is 5.82 Å². The van der Waals surface area contributed by atoms with E-state index in [0.29, 0.717) is 31.1 Å². The number of methoxy groups -OCH3 is 1. The summed E-state index contributed by atoms with van der Waals surface area (Å²) in [5, 5.41) is 0. The maximum atomic E-state index is 13.8. The Balaban J connectivity index is 2.55. The fraction of sp³-hybridized carbons (Fsp3) is 0.400. The largest absolute Gasteiger partial charge is 0.489 e. The van der Waals surface area contributed by atoms with E-state index in [4.69, 9.17) is 19.9 Å². The van der Waals surface area contributed by atoms with Gasteiger partial charge in [-0.2, -0.15) is 0 Å². The molecule has 0 fully saturated rings. The standard InChI is InChI=1S/C20H26FNO3/c1-3-4-12-24-20-18(25-14-23-2)9-8-15(10-11-22)19(20)16-6-5-7-17(21)13-16/h5-9,13H,3-4,10-12,14,22H2,1-2H3. The smallest absolute Gasteiger partial charge is 0.188 e. The van der Waals surface area contributed by atoms with Crippen LogP contribution in [0, 0.1) is 5.82 Å². The van der Waals surface area contributed by atoms with Crippen LogP contribution >= 0.6 is 0 Å². The van der Waals surface area contributed by atoms with Crippen LogP contribution in [-0.4, -0.2) is 27.1 Å². The van der Waals surface area contributed by atoms with E-state index >= 15 is 0 Å². The Morgan fingerprint density at radius 1 is 1.12 bits per heavy atom. The number of nitrogens with two attached hydrogens (primary N) is 1. The van der Waals surface area contributed by atoms with Crippen LogP contribution in [0.1, 0.15) is 25.3 Å². The van der Waals surface area contributed by atoms with Crippen molar-refractivity contribution in [1.29, 1.82) is 0 Å². The average molecular weight is 347 g/mol. The molecule has 0 amide bonds. The van der Waals surface area contributed by atoms with E-state index in [2.05, 4.69) is 6.92 Å². The van der Waals surface area contributed by atoms with Gasteiger partial charge in [-0.3, -0.25) is 0 Å². The number of halogens is 1. The number of rotatable bonds is 10. The lowest BCUT2D eigenvalue weighted by molar-refractivity contribution is 0.0486. The van der Waals surface area contributed by atoms with Crippen molar-refractivity contribution in [2.45, 2.75) is 26.2 Å². The maximum Gasteiger partial charge on any atom is 0.188 e. The van der Waals surface area contributed by atoms with Crippen LogP contribution < -0.4 is 15.2 Å². The molecule has 0 atom stereocenters. The van der Waals surface area contributed by atoms with Crippen LogP contribution in [0.3, 0.4) is 0 Å². The summed E-state index contributed by atoms with van der Waals surface area (Å²) in [5.41, 5.74) is 8.34. The van der Waals surface area contributed by atoms with Crippen LogP contribution in [0.5, 0.6) is 11.5 Å². The molecule has 0 radical (unpaired) electrons. The van der Waals surface area contributed by atoms with Crippen molar-refractivity contribution >= 4 is 0 Å². The molecule has 2 N–H and O–H groups in total. The lowest BCUT2D eigenvalue weighted by Crippen LogP contribution is -2.08. The first kappa shape index (κ1) is 19.2. The number of hydrogen-bond donors (Lipinski definition) is 1. The van der Waals surface area contributed by atoms with Gasteiger partial charge >= 0.3 is 0 Å². The minimum absolute atomic E-state index is 0.114. The minimum atomic E-state index is -0.293. The third kappa shape index (κ3) is 5.18. The number of hydrogen-bond acceptors (Lipinski definition) is 4. The molecular weight excluding hydrogens is 321 g/mol. The summed E-state index contributed by atoms with van der Waals surface area (Å²) in [6.45, 7) is 3.27. The lowest BCUT2D eigenvalue weighted by Gasteiger charge is -2.19. The molecule has 0 aromatic heterocycles. The average Bonchev–Trinajstić information content (AvgIpc) is 2.61. The van der Waals surface area contributed by atoms with Gasteiger partial charge in [0.2, 0.25) is 0 Å². The zero-order valence-electron chi connectivity index (χ0n) is 14.9. The SMILES string of the molecule is CCCCOc1c(OCOC)ccc(CCN)c1-c1cccc(F)c1. The van der Waals surface area contributed by atoms with Gasteiger partial charge in [0.25, 0.3) is 0 Å². The third-order valence-corrected chi connectivity index (χ3v) is 3.81. The molecule has 4 nitrogen and oxygen atoms in total. The summed E-state index contributed by atoms with van der Waals surface area (Å²) in [4.78, 5) is 0. The summed E-state index contributed by atoms with van der Waals surface area (Å²) in [7, 11) is 1.56. The Bertz CT molecular complexity index is 676. The van der Waals surface area contributed by atoms with Crippen LogP contribution in [-0.2, 0) is 11.2 Å². The monoisotopic (exact) mass is 347 g/mol. The summed E-state index contributed by atoms with van der Waals surface area (Å²) in [5.74, 6) is 0.902. The summed E-state index contributed by atoms with van der Waals surface area (Å²) in [6, 6.07) is 10.3. The van der Waals surface area contributed by atoms with E-state index in [9.17, 15) is 4.39 Å². The molecule has 25 heavy (non-hydrogen) atoms. The maximum absolute atomic E-state index is 13.8.